The normalized spacial score (nSPS) is 12.7. The first-order valence-electron chi connectivity index (χ1n) is 11.7. The smallest absolute Gasteiger partial charge is 0.247 e. The second-order valence-corrected chi connectivity index (χ2v) is 8.70. The summed E-state index contributed by atoms with van der Waals surface area (Å²) in [5.74, 6) is 1.19. The number of methoxy groups -OCH3 is 1. The lowest BCUT2D eigenvalue weighted by atomic mass is 10.2. The molecule has 2 aromatic carbocycles. The monoisotopic (exact) mass is 482 g/mol. The fourth-order valence-electron chi connectivity index (χ4n) is 4.46. The van der Waals surface area contributed by atoms with Crippen LogP contribution in [0.1, 0.15) is 19.7 Å². The van der Waals surface area contributed by atoms with Crippen LogP contribution in [0.3, 0.4) is 0 Å². The van der Waals surface area contributed by atoms with Gasteiger partial charge < -0.3 is 14.5 Å². The summed E-state index contributed by atoms with van der Waals surface area (Å²) >= 11 is 0. The van der Waals surface area contributed by atoms with Gasteiger partial charge in [0, 0.05) is 17.7 Å². The molecule has 0 saturated carbocycles. The number of para-hydroxylation sites is 2. The highest BCUT2D eigenvalue weighted by atomic mass is 16.5. The maximum Gasteiger partial charge on any atom is 0.247 e. The number of hydrogen-bond donors (Lipinski definition) is 0. The lowest BCUT2D eigenvalue weighted by Crippen LogP contribution is -2.46. The maximum absolute atomic E-state index is 13.6. The number of pyridine rings is 1. The largest absolute Gasteiger partial charge is 0.481 e. The van der Waals surface area contributed by atoms with E-state index in [2.05, 4.69) is 15.2 Å². The number of ether oxygens (including phenoxy) is 1. The molecule has 9 nitrogen and oxygen atoms in total. The van der Waals surface area contributed by atoms with Crippen molar-refractivity contribution in [2.75, 3.05) is 23.5 Å². The fraction of sp³-hybridized carbons (Fsp3) is 0.222. The van der Waals surface area contributed by atoms with Gasteiger partial charge in [-0.2, -0.15) is 0 Å². The van der Waals surface area contributed by atoms with Gasteiger partial charge in [0.2, 0.25) is 17.7 Å². The SMILES string of the molecule is COc1ccc(N(C(=O)CN2C(=O)Cc3nnc(-c4ccccc4)n3-c3ccccc32)C(C)C)cn1. The molecule has 0 aliphatic carbocycles. The Labute approximate surface area is 209 Å². The quantitative estimate of drug-likeness (QED) is 0.416. The highest BCUT2D eigenvalue weighted by Crippen LogP contribution is 2.33. The second kappa shape index (κ2) is 9.61. The Morgan fingerprint density at radius 3 is 2.39 bits per heavy atom. The van der Waals surface area contributed by atoms with Crippen LogP contribution in [-0.2, 0) is 16.0 Å². The van der Waals surface area contributed by atoms with Crippen molar-refractivity contribution in [3.8, 4) is 23.0 Å². The highest BCUT2D eigenvalue weighted by Gasteiger charge is 2.32. The van der Waals surface area contributed by atoms with Crippen LogP contribution in [0.15, 0.2) is 72.9 Å². The predicted octanol–water partition coefficient (Wildman–Crippen LogP) is 3.67. The number of rotatable bonds is 6. The first-order chi connectivity index (χ1) is 17.5. The molecule has 2 aromatic heterocycles. The summed E-state index contributed by atoms with van der Waals surface area (Å²) in [6.45, 7) is 3.72. The molecule has 0 atom stereocenters. The van der Waals surface area contributed by atoms with Gasteiger partial charge in [-0.05, 0) is 32.0 Å². The van der Waals surface area contributed by atoms with Gasteiger partial charge in [-0.3, -0.25) is 14.2 Å². The number of carbonyl (C=O) groups is 2. The summed E-state index contributed by atoms with van der Waals surface area (Å²) in [6.07, 6.45) is 1.62. The summed E-state index contributed by atoms with van der Waals surface area (Å²) < 4.78 is 7.05. The molecule has 0 saturated heterocycles. The van der Waals surface area contributed by atoms with Crippen molar-refractivity contribution in [3.05, 3.63) is 78.8 Å². The molecule has 0 radical (unpaired) electrons. The van der Waals surface area contributed by atoms with Crippen LogP contribution in [0.25, 0.3) is 17.1 Å². The van der Waals surface area contributed by atoms with E-state index in [-0.39, 0.29) is 30.8 Å². The van der Waals surface area contributed by atoms with Crippen molar-refractivity contribution in [3.63, 3.8) is 0 Å². The average molecular weight is 483 g/mol. The Kier molecular flexibility index (Phi) is 6.20. The molecule has 3 heterocycles. The number of benzene rings is 2. The molecular formula is C27H26N6O3. The summed E-state index contributed by atoms with van der Waals surface area (Å²) in [6, 6.07) is 20.6. The molecule has 0 N–H and O–H groups in total. The summed E-state index contributed by atoms with van der Waals surface area (Å²) in [5, 5.41) is 8.72. The van der Waals surface area contributed by atoms with Crippen LogP contribution in [0.4, 0.5) is 11.4 Å². The van der Waals surface area contributed by atoms with Crippen molar-refractivity contribution in [2.24, 2.45) is 0 Å². The van der Waals surface area contributed by atoms with Gasteiger partial charge in [0.1, 0.15) is 12.4 Å². The van der Waals surface area contributed by atoms with E-state index in [1.54, 1.807) is 30.3 Å². The zero-order chi connectivity index (χ0) is 25.2. The Morgan fingerprint density at radius 1 is 1.00 bits per heavy atom. The molecule has 1 aliphatic heterocycles. The Bertz CT molecular complexity index is 1400. The van der Waals surface area contributed by atoms with Crippen LogP contribution in [-0.4, -0.2) is 51.3 Å². The summed E-state index contributed by atoms with van der Waals surface area (Å²) in [4.78, 5) is 34.5. The molecule has 0 bridgehead atoms. The fourth-order valence-corrected chi connectivity index (χ4v) is 4.46. The molecule has 9 heteroatoms. The van der Waals surface area contributed by atoms with E-state index < -0.39 is 0 Å². The van der Waals surface area contributed by atoms with Crippen LogP contribution in [0.5, 0.6) is 5.88 Å². The van der Waals surface area contributed by atoms with Crippen molar-refractivity contribution in [1.82, 2.24) is 19.7 Å². The molecule has 1 aliphatic rings. The maximum atomic E-state index is 13.6. The second-order valence-electron chi connectivity index (χ2n) is 8.70. The van der Waals surface area contributed by atoms with Gasteiger partial charge in [-0.1, -0.05) is 42.5 Å². The lowest BCUT2D eigenvalue weighted by Gasteiger charge is -2.30. The van der Waals surface area contributed by atoms with Gasteiger partial charge in [0.25, 0.3) is 0 Å². The Hall–Kier alpha value is -4.53. The minimum atomic E-state index is -0.224. The number of fused-ring (bicyclic) bond motifs is 3. The van der Waals surface area contributed by atoms with Crippen LogP contribution >= 0.6 is 0 Å². The van der Waals surface area contributed by atoms with Crippen molar-refractivity contribution in [2.45, 2.75) is 26.3 Å². The molecule has 182 valence electrons. The zero-order valence-electron chi connectivity index (χ0n) is 20.3. The van der Waals surface area contributed by atoms with Crippen molar-refractivity contribution in [1.29, 1.82) is 0 Å². The van der Waals surface area contributed by atoms with Gasteiger partial charge in [0.05, 0.1) is 36.8 Å². The van der Waals surface area contributed by atoms with Crippen LogP contribution in [0.2, 0.25) is 0 Å². The number of amides is 2. The lowest BCUT2D eigenvalue weighted by molar-refractivity contribution is -0.122. The number of aromatic nitrogens is 4. The third-order valence-corrected chi connectivity index (χ3v) is 6.07. The van der Waals surface area contributed by atoms with Gasteiger partial charge in [-0.15, -0.1) is 10.2 Å². The first kappa shape index (κ1) is 23.2. The van der Waals surface area contributed by atoms with E-state index in [1.807, 2.05) is 73.0 Å². The van der Waals surface area contributed by atoms with Gasteiger partial charge in [0.15, 0.2) is 5.82 Å². The molecule has 4 aromatic rings. The molecule has 5 rings (SSSR count). The zero-order valence-corrected chi connectivity index (χ0v) is 20.3. The van der Waals surface area contributed by atoms with Crippen LogP contribution in [0, 0.1) is 0 Å². The highest BCUT2D eigenvalue weighted by molar-refractivity contribution is 6.06. The summed E-state index contributed by atoms with van der Waals surface area (Å²) in [5.41, 5.74) is 2.90. The summed E-state index contributed by atoms with van der Waals surface area (Å²) in [7, 11) is 1.54. The minimum Gasteiger partial charge on any atom is -0.481 e. The van der Waals surface area contributed by atoms with E-state index in [0.717, 1.165) is 11.3 Å². The Balaban J connectivity index is 1.53. The number of carbonyl (C=O) groups excluding carboxylic acids is 2. The average Bonchev–Trinajstić information content (AvgIpc) is 3.26. The molecule has 2 amide bonds. The Morgan fingerprint density at radius 2 is 1.72 bits per heavy atom. The third kappa shape index (κ3) is 4.19. The minimum absolute atomic E-state index is 0.0214. The molecule has 36 heavy (non-hydrogen) atoms. The molecular weight excluding hydrogens is 456 g/mol. The van der Waals surface area contributed by atoms with E-state index in [9.17, 15) is 9.59 Å². The molecule has 0 unspecified atom stereocenters. The van der Waals surface area contributed by atoms with Crippen LogP contribution < -0.4 is 14.5 Å². The van der Waals surface area contributed by atoms with E-state index in [1.165, 1.54) is 4.90 Å². The predicted molar refractivity (Wildman–Crippen MR) is 136 cm³/mol. The number of anilines is 2. The molecule has 0 spiro atoms. The standard InChI is InChI=1S/C27H26N6O3/c1-18(2)32(20-13-14-24(36-3)28-16-20)26(35)17-31-21-11-7-8-12-22(21)33-23(15-25(31)34)29-30-27(33)19-9-5-4-6-10-19/h4-14,16,18H,15,17H2,1-3H3. The number of nitrogens with zero attached hydrogens (tertiary/aromatic N) is 6. The molecule has 0 fully saturated rings. The van der Waals surface area contributed by atoms with E-state index in [4.69, 9.17) is 4.74 Å². The van der Waals surface area contributed by atoms with Gasteiger partial charge in [-0.25, -0.2) is 4.98 Å². The van der Waals surface area contributed by atoms with E-state index >= 15 is 0 Å². The van der Waals surface area contributed by atoms with Gasteiger partial charge >= 0.3 is 0 Å². The topological polar surface area (TPSA) is 93.5 Å². The van der Waals surface area contributed by atoms with E-state index in [0.29, 0.717) is 28.9 Å². The van der Waals surface area contributed by atoms with Crippen molar-refractivity contribution >= 4 is 23.2 Å². The van der Waals surface area contributed by atoms with Crippen molar-refractivity contribution < 1.29 is 14.3 Å². The first-order valence-corrected chi connectivity index (χ1v) is 11.7. The number of hydrogen-bond acceptors (Lipinski definition) is 6. The third-order valence-electron chi connectivity index (χ3n) is 6.07.